The number of ether oxygens (including phenoxy) is 1. The second-order valence-corrected chi connectivity index (χ2v) is 12.9. The first-order valence-corrected chi connectivity index (χ1v) is 13.4. The van der Waals surface area contributed by atoms with Gasteiger partial charge in [0.15, 0.2) is 6.23 Å². The van der Waals surface area contributed by atoms with Gasteiger partial charge in [0.05, 0.1) is 19.3 Å². The first kappa shape index (κ1) is 24.3. The van der Waals surface area contributed by atoms with Gasteiger partial charge in [0.2, 0.25) is 0 Å². The fourth-order valence-corrected chi connectivity index (χ4v) is 8.93. The Labute approximate surface area is 198 Å². The summed E-state index contributed by atoms with van der Waals surface area (Å²) in [6, 6.07) is 21.4. The van der Waals surface area contributed by atoms with E-state index in [-0.39, 0.29) is 18.8 Å². The molecule has 1 saturated heterocycles. The van der Waals surface area contributed by atoms with Gasteiger partial charge < -0.3 is 19.4 Å². The Hall–Kier alpha value is -2.82. The Morgan fingerprint density at radius 2 is 1.62 bits per heavy atom. The molecule has 9 heteroatoms. The quantitative estimate of drug-likeness (QED) is 0.405. The summed E-state index contributed by atoms with van der Waals surface area (Å²) in [4.78, 5) is 25.9. The monoisotopic (exact) mass is 482 g/mol. The number of hydrogen-bond donors (Lipinski definition) is 3. The molecule has 8 nitrogen and oxygen atoms in total. The van der Waals surface area contributed by atoms with Crippen molar-refractivity contribution in [2.75, 3.05) is 13.2 Å². The van der Waals surface area contributed by atoms with E-state index < -0.39 is 43.9 Å². The standard InChI is InChI=1S/C25H30N2O6Si/c1-17(2)34(18-9-5-3-6-10-18,19-11-7-4-8-12-19)32-16-21-20(15-28)23(30)24(33-21)27-14-13-22(29)26-25(27)31/h3-14,17,20-21,23-24,28,30H,15-16H2,1-2H3,(H,26,29,31). The minimum atomic E-state index is -2.74. The van der Waals surface area contributed by atoms with Crippen molar-refractivity contribution < 1.29 is 19.4 Å². The zero-order valence-corrected chi connectivity index (χ0v) is 20.2. The van der Waals surface area contributed by atoms with Crippen molar-refractivity contribution in [1.82, 2.24) is 9.55 Å². The average molecular weight is 483 g/mol. The number of aromatic amines is 1. The molecule has 3 aromatic rings. The van der Waals surface area contributed by atoms with Crippen molar-refractivity contribution in [2.45, 2.75) is 37.8 Å². The van der Waals surface area contributed by atoms with Crippen LogP contribution in [-0.2, 0) is 9.16 Å². The molecule has 0 radical (unpaired) electrons. The molecule has 4 rings (SSSR count). The van der Waals surface area contributed by atoms with Gasteiger partial charge in [-0.2, -0.15) is 0 Å². The maximum absolute atomic E-state index is 12.3. The van der Waals surface area contributed by atoms with Gasteiger partial charge in [-0.05, 0) is 15.9 Å². The molecule has 180 valence electrons. The fourth-order valence-electron chi connectivity index (χ4n) is 4.79. The number of benzene rings is 2. The van der Waals surface area contributed by atoms with Crippen LogP contribution >= 0.6 is 0 Å². The van der Waals surface area contributed by atoms with Crippen molar-refractivity contribution >= 4 is 18.7 Å². The maximum Gasteiger partial charge on any atom is 0.330 e. The van der Waals surface area contributed by atoms with Crippen LogP contribution in [0.2, 0.25) is 5.54 Å². The number of rotatable bonds is 8. The van der Waals surface area contributed by atoms with Crippen molar-refractivity contribution in [3.8, 4) is 0 Å². The minimum Gasteiger partial charge on any atom is -0.405 e. The van der Waals surface area contributed by atoms with Crippen molar-refractivity contribution in [2.24, 2.45) is 5.92 Å². The zero-order valence-electron chi connectivity index (χ0n) is 19.2. The highest BCUT2D eigenvalue weighted by molar-refractivity contribution is 6.98. The number of nitrogens with one attached hydrogen (secondary N) is 1. The lowest BCUT2D eigenvalue weighted by Gasteiger charge is -2.37. The number of aromatic nitrogens is 2. The van der Waals surface area contributed by atoms with Crippen molar-refractivity contribution in [1.29, 1.82) is 0 Å². The zero-order chi connectivity index (χ0) is 24.3. The van der Waals surface area contributed by atoms with Crippen molar-refractivity contribution in [3.63, 3.8) is 0 Å². The molecule has 3 N–H and O–H groups in total. The van der Waals surface area contributed by atoms with E-state index >= 15 is 0 Å². The molecule has 0 aliphatic carbocycles. The van der Waals surface area contributed by atoms with Gasteiger partial charge in [0, 0.05) is 18.2 Å². The van der Waals surface area contributed by atoms with Crippen LogP contribution < -0.4 is 21.6 Å². The predicted octanol–water partition coefficient (Wildman–Crippen LogP) is 0.590. The van der Waals surface area contributed by atoms with Gasteiger partial charge in [-0.25, -0.2) is 4.79 Å². The molecule has 2 aromatic carbocycles. The molecule has 0 bridgehead atoms. The van der Waals surface area contributed by atoms with Gasteiger partial charge in [-0.1, -0.05) is 74.5 Å². The second kappa shape index (κ2) is 10.2. The Morgan fingerprint density at radius 3 is 2.12 bits per heavy atom. The first-order valence-electron chi connectivity index (χ1n) is 11.4. The van der Waals surface area contributed by atoms with Gasteiger partial charge in [-0.15, -0.1) is 0 Å². The van der Waals surface area contributed by atoms with Gasteiger partial charge in [0.25, 0.3) is 13.9 Å². The van der Waals surface area contributed by atoms with E-state index in [1.807, 2.05) is 36.4 Å². The second-order valence-electron chi connectivity index (χ2n) is 8.85. The molecular weight excluding hydrogens is 452 g/mol. The summed E-state index contributed by atoms with van der Waals surface area (Å²) in [6.45, 7) is 4.08. The van der Waals surface area contributed by atoms with Crippen LogP contribution in [0.1, 0.15) is 20.1 Å². The lowest BCUT2D eigenvalue weighted by atomic mass is 9.99. The predicted molar refractivity (Wildman–Crippen MR) is 131 cm³/mol. The Balaban J connectivity index is 1.67. The molecule has 34 heavy (non-hydrogen) atoms. The van der Waals surface area contributed by atoms with Crippen LogP contribution in [0.25, 0.3) is 0 Å². The Bertz CT molecular complexity index is 1160. The van der Waals surface area contributed by atoms with Crippen LogP contribution in [0, 0.1) is 5.92 Å². The summed E-state index contributed by atoms with van der Waals surface area (Å²) < 4.78 is 14.0. The fraction of sp³-hybridized carbons (Fsp3) is 0.360. The summed E-state index contributed by atoms with van der Waals surface area (Å²) in [7, 11) is -2.74. The molecule has 0 amide bonds. The largest absolute Gasteiger partial charge is 0.405 e. The number of H-pyrrole nitrogens is 1. The van der Waals surface area contributed by atoms with E-state index in [0.29, 0.717) is 0 Å². The summed E-state index contributed by atoms with van der Waals surface area (Å²) in [5.41, 5.74) is -1.05. The highest BCUT2D eigenvalue weighted by atomic mass is 28.4. The van der Waals surface area contributed by atoms with Crippen LogP contribution in [0.15, 0.2) is 82.5 Å². The SMILES string of the molecule is CC(C)[Si](OCC1OC(n2ccc(=O)[nH]c2=O)C(O)C1CO)(c1ccccc1)c1ccccc1. The molecule has 2 heterocycles. The van der Waals surface area contributed by atoms with E-state index in [2.05, 4.69) is 43.1 Å². The lowest BCUT2D eigenvalue weighted by molar-refractivity contribution is -0.0516. The van der Waals surface area contributed by atoms with Crippen LogP contribution in [0.5, 0.6) is 0 Å². The summed E-state index contributed by atoms with van der Waals surface area (Å²) in [5.74, 6) is -0.658. The van der Waals surface area contributed by atoms with E-state index in [4.69, 9.17) is 9.16 Å². The average Bonchev–Trinajstić information content (AvgIpc) is 3.15. The van der Waals surface area contributed by atoms with E-state index in [0.717, 1.165) is 14.9 Å². The molecular formula is C25H30N2O6Si. The number of aliphatic hydroxyl groups is 2. The molecule has 4 atom stereocenters. The Kier molecular flexibility index (Phi) is 7.29. The van der Waals surface area contributed by atoms with Crippen LogP contribution in [0.3, 0.4) is 0 Å². The van der Waals surface area contributed by atoms with E-state index in [9.17, 15) is 19.8 Å². The topological polar surface area (TPSA) is 114 Å². The number of hydrogen-bond acceptors (Lipinski definition) is 6. The molecule has 0 saturated carbocycles. The van der Waals surface area contributed by atoms with Gasteiger partial charge in [0.1, 0.15) is 6.10 Å². The smallest absolute Gasteiger partial charge is 0.330 e. The highest BCUT2D eigenvalue weighted by Crippen LogP contribution is 2.34. The lowest BCUT2D eigenvalue weighted by Crippen LogP contribution is -2.63. The number of aliphatic hydroxyl groups excluding tert-OH is 2. The summed E-state index contributed by atoms with van der Waals surface area (Å²) >= 11 is 0. The molecule has 1 fully saturated rings. The molecule has 1 aliphatic rings. The molecule has 4 unspecified atom stereocenters. The van der Waals surface area contributed by atoms with E-state index in [1.54, 1.807) is 0 Å². The Morgan fingerprint density at radius 1 is 1.03 bits per heavy atom. The normalized spacial score (nSPS) is 22.9. The third-order valence-electron chi connectivity index (χ3n) is 6.55. The van der Waals surface area contributed by atoms with Crippen LogP contribution in [-0.4, -0.2) is 53.5 Å². The summed E-state index contributed by atoms with van der Waals surface area (Å²) in [6.07, 6.45) is -1.56. The van der Waals surface area contributed by atoms with Crippen LogP contribution in [0.4, 0.5) is 0 Å². The molecule has 1 aromatic heterocycles. The van der Waals surface area contributed by atoms with Crippen molar-refractivity contribution in [3.05, 3.63) is 93.8 Å². The van der Waals surface area contributed by atoms with Gasteiger partial charge >= 0.3 is 5.69 Å². The molecule has 1 aliphatic heterocycles. The minimum absolute atomic E-state index is 0.130. The maximum atomic E-state index is 12.3. The van der Waals surface area contributed by atoms with E-state index in [1.165, 1.54) is 12.3 Å². The third kappa shape index (κ3) is 4.45. The number of nitrogens with zero attached hydrogens (tertiary/aromatic N) is 1. The van der Waals surface area contributed by atoms with Gasteiger partial charge in [-0.3, -0.25) is 14.3 Å². The first-order chi connectivity index (χ1) is 16.4. The third-order valence-corrected chi connectivity index (χ3v) is 11.2. The highest BCUT2D eigenvalue weighted by Gasteiger charge is 2.48. The molecule has 0 spiro atoms. The summed E-state index contributed by atoms with van der Waals surface area (Å²) in [5, 5.41) is 23.1.